The molecule has 0 amide bonds. The molecule has 0 bridgehead atoms. The normalized spacial score (nSPS) is 13.1. The minimum Gasteiger partial charge on any atom is -0.266 e. The van der Waals surface area contributed by atoms with Crippen molar-refractivity contribution in [1.29, 1.82) is 0 Å². The van der Waals surface area contributed by atoms with Crippen LogP contribution in [-0.2, 0) is 0 Å². The van der Waals surface area contributed by atoms with Gasteiger partial charge in [0.05, 0.1) is 0 Å². The molecule has 0 saturated carbocycles. The number of hydrazine groups is 1. The molecule has 0 aromatic carbocycles. The van der Waals surface area contributed by atoms with Gasteiger partial charge in [-0.3, -0.25) is 5.01 Å². The van der Waals surface area contributed by atoms with Crippen molar-refractivity contribution >= 4 is 34.4 Å². The summed E-state index contributed by atoms with van der Waals surface area (Å²) in [7, 11) is 0. The molecule has 2 nitrogen and oxygen atoms in total. The van der Waals surface area contributed by atoms with Crippen LogP contribution >= 0.6 is 24.4 Å². The summed E-state index contributed by atoms with van der Waals surface area (Å²) in [6.45, 7) is 8.99. The lowest BCUT2D eigenvalue weighted by Crippen LogP contribution is -2.45. The standard InChI is InChI=1S/C30H60N2S2/c1-5-7-9-11-13-15-17-19-21-23-25-27(3)29(33)32(31)30(34)28(4)26-24-22-20-18-16-14-12-10-8-6-2/h27-28H,5-26,31H2,1-4H3. The highest BCUT2D eigenvalue weighted by atomic mass is 32.1. The lowest BCUT2D eigenvalue weighted by Gasteiger charge is -2.27. The SMILES string of the molecule is CCCCCCCCCCCCC(C)C(=S)N(N)C(=S)C(C)CCCCCCCCCCCC. The van der Waals surface area contributed by atoms with E-state index in [2.05, 4.69) is 27.7 Å². The van der Waals surface area contributed by atoms with E-state index in [1.165, 1.54) is 128 Å². The van der Waals surface area contributed by atoms with E-state index < -0.39 is 0 Å². The van der Waals surface area contributed by atoms with Crippen molar-refractivity contribution in [2.45, 2.75) is 169 Å². The summed E-state index contributed by atoms with van der Waals surface area (Å²) in [4.78, 5) is 1.66. The molecule has 0 fully saturated rings. The molecule has 2 unspecified atom stereocenters. The van der Waals surface area contributed by atoms with Crippen LogP contribution < -0.4 is 5.84 Å². The Hall–Kier alpha value is -0.0600. The Kier molecular flexibility index (Phi) is 24.6. The minimum absolute atomic E-state index is 0.330. The largest absolute Gasteiger partial charge is 0.266 e. The molecule has 2 N–H and O–H groups in total. The van der Waals surface area contributed by atoms with Crippen LogP contribution in [-0.4, -0.2) is 15.0 Å². The topological polar surface area (TPSA) is 29.3 Å². The van der Waals surface area contributed by atoms with Crippen molar-refractivity contribution in [3.05, 3.63) is 0 Å². The molecule has 0 aliphatic carbocycles. The van der Waals surface area contributed by atoms with Gasteiger partial charge < -0.3 is 0 Å². The Morgan fingerprint density at radius 3 is 1.00 bits per heavy atom. The molecule has 34 heavy (non-hydrogen) atoms. The third-order valence-corrected chi connectivity index (χ3v) is 8.50. The average molecular weight is 513 g/mol. The Balaban J connectivity index is 3.81. The van der Waals surface area contributed by atoms with Gasteiger partial charge in [-0.05, 0) is 12.8 Å². The van der Waals surface area contributed by atoms with Crippen LogP contribution in [0.5, 0.6) is 0 Å². The van der Waals surface area contributed by atoms with Crippen molar-refractivity contribution < 1.29 is 0 Å². The molecule has 0 saturated heterocycles. The summed E-state index contributed by atoms with van der Waals surface area (Å²) in [5.74, 6) is 7.01. The van der Waals surface area contributed by atoms with E-state index in [1.807, 2.05) is 0 Å². The van der Waals surface area contributed by atoms with E-state index in [0.717, 1.165) is 22.8 Å². The Morgan fingerprint density at radius 1 is 0.500 bits per heavy atom. The second kappa shape index (κ2) is 24.6. The summed E-state index contributed by atoms with van der Waals surface area (Å²) < 4.78 is 0. The van der Waals surface area contributed by atoms with Gasteiger partial charge in [0.25, 0.3) is 0 Å². The summed E-state index contributed by atoms with van der Waals surface area (Å²) in [6.07, 6.45) is 29.6. The van der Waals surface area contributed by atoms with Crippen LogP contribution in [0.15, 0.2) is 0 Å². The van der Waals surface area contributed by atoms with Gasteiger partial charge in [0.2, 0.25) is 0 Å². The van der Waals surface area contributed by atoms with Crippen LogP contribution in [0, 0.1) is 11.8 Å². The fourth-order valence-corrected chi connectivity index (χ4v) is 5.20. The second-order valence-corrected chi connectivity index (χ2v) is 11.6. The fraction of sp³-hybridized carbons (Fsp3) is 0.933. The highest BCUT2D eigenvalue weighted by Gasteiger charge is 2.20. The maximum atomic E-state index is 6.35. The fourth-order valence-electron chi connectivity index (χ4n) is 4.71. The predicted molar refractivity (Wildman–Crippen MR) is 162 cm³/mol. The highest BCUT2D eigenvalue weighted by molar-refractivity contribution is 7.81. The third kappa shape index (κ3) is 19.2. The molecule has 202 valence electrons. The van der Waals surface area contributed by atoms with Gasteiger partial charge in [0.1, 0.15) is 9.98 Å². The lowest BCUT2D eigenvalue weighted by molar-refractivity contribution is 0.498. The van der Waals surface area contributed by atoms with E-state index in [9.17, 15) is 0 Å². The van der Waals surface area contributed by atoms with Gasteiger partial charge in [0, 0.05) is 11.8 Å². The zero-order chi connectivity index (χ0) is 25.4. The number of thiocarbonyl (C=S) groups is 2. The molecule has 0 spiro atoms. The number of unbranched alkanes of at least 4 members (excludes halogenated alkanes) is 18. The molecular formula is C30H60N2S2. The quantitative estimate of drug-likeness (QED) is 0.0602. The number of hydrogen-bond donors (Lipinski definition) is 1. The molecular weight excluding hydrogens is 452 g/mol. The number of nitrogens with two attached hydrogens (primary N) is 1. The second-order valence-electron chi connectivity index (χ2n) is 10.8. The Bertz CT molecular complexity index is 438. The molecule has 0 rings (SSSR count). The molecule has 0 radical (unpaired) electrons. The van der Waals surface area contributed by atoms with Gasteiger partial charge in [-0.2, -0.15) is 0 Å². The molecule has 0 aromatic rings. The van der Waals surface area contributed by atoms with Gasteiger partial charge in [-0.15, -0.1) is 0 Å². The first-order chi connectivity index (χ1) is 16.5. The number of nitrogens with zero attached hydrogens (tertiary/aromatic N) is 1. The van der Waals surface area contributed by atoms with E-state index in [-0.39, 0.29) is 0 Å². The summed E-state index contributed by atoms with van der Waals surface area (Å²) >= 11 is 11.4. The zero-order valence-electron chi connectivity index (χ0n) is 23.6. The molecule has 0 aromatic heterocycles. The smallest absolute Gasteiger partial charge is 0.101 e. The lowest BCUT2D eigenvalue weighted by atomic mass is 9.99. The van der Waals surface area contributed by atoms with Crippen LogP contribution in [0.25, 0.3) is 0 Å². The molecule has 0 heterocycles. The monoisotopic (exact) mass is 512 g/mol. The van der Waals surface area contributed by atoms with E-state index in [1.54, 1.807) is 5.01 Å². The van der Waals surface area contributed by atoms with Crippen molar-refractivity contribution in [1.82, 2.24) is 5.01 Å². The maximum absolute atomic E-state index is 6.35. The first-order valence-corrected chi connectivity index (χ1v) is 15.9. The average Bonchev–Trinajstić information content (AvgIpc) is 2.84. The zero-order valence-corrected chi connectivity index (χ0v) is 25.2. The molecule has 4 heteroatoms. The van der Waals surface area contributed by atoms with E-state index in [4.69, 9.17) is 30.3 Å². The predicted octanol–water partition coefficient (Wildman–Crippen LogP) is 10.7. The minimum atomic E-state index is 0.330. The van der Waals surface area contributed by atoms with Crippen molar-refractivity contribution in [2.75, 3.05) is 0 Å². The molecule has 2 atom stereocenters. The van der Waals surface area contributed by atoms with Crippen LogP contribution in [0.2, 0.25) is 0 Å². The first-order valence-electron chi connectivity index (χ1n) is 15.1. The summed E-state index contributed by atoms with van der Waals surface area (Å²) in [6, 6.07) is 0. The van der Waals surface area contributed by atoms with Gasteiger partial charge >= 0.3 is 0 Å². The number of hydrogen-bond acceptors (Lipinski definition) is 3. The van der Waals surface area contributed by atoms with Gasteiger partial charge in [-0.25, -0.2) is 5.84 Å². The Labute approximate surface area is 225 Å². The maximum Gasteiger partial charge on any atom is 0.101 e. The van der Waals surface area contributed by atoms with Gasteiger partial charge in [0.15, 0.2) is 0 Å². The number of rotatable bonds is 24. The van der Waals surface area contributed by atoms with Crippen molar-refractivity contribution in [3.8, 4) is 0 Å². The highest BCUT2D eigenvalue weighted by Crippen LogP contribution is 2.19. The van der Waals surface area contributed by atoms with Crippen LogP contribution in [0.4, 0.5) is 0 Å². The molecule has 0 aliphatic rings. The Morgan fingerprint density at radius 2 is 0.735 bits per heavy atom. The first kappa shape index (κ1) is 33.9. The molecule has 0 aliphatic heterocycles. The summed E-state index contributed by atoms with van der Waals surface area (Å²) in [5.41, 5.74) is 0. The summed E-state index contributed by atoms with van der Waals surface area (Å²) in [5, 5.41) is 1.66. The van der Waals surface area contributed by atoms with Crippen LogP contribution in [0.3, 0.4) is 0 Å². The van der Waals surface area contributed by atoms with E-state index in [0.29, 0.717) is 11.8 Å². The van der Waals surface area contributed by atoms with Crippen LogP contribution in [0.1, 0.15) is 169 Å². The third-order valence-electron chi connectivity index (χ3n) is 7.30. The van der Waals surface area contributed by atoms with Gasteiger partial charge in [-0.1, -0.05) is 181 Å². The van der Waals surface area contributed by atoms with Crippen molar-refractivity contribution in [2.24, 2.45) is 17.7 Å². The van der Waals surface area contributed by atoms with Crippen molar-refractivity contribution in [3.63, 3.8) is 0 Å². The van der Waals surface area contributed by atoms with E-state index >= 15 is 0 Å².